The second-order valence-corrected chi connectivity index (χ2v) is 9.22. The van der Waals surface area contributed by atoms with Crippen LogP contribution in [-0.4, -0.2) is 22.0 Å². The van der Waals surface area contributed by atoms with E-state index in [1.54, 1.807) is 13.0 Å². The molecule has 1 unspecified atom stereocenters. The van der Waals surface area contributed by atoms with Gasteiger partial charge in [0.1, 0.15) is 34.8 Å². The summed E-state index contributed by atoms with van der Waals surface area (Å²) in [7, 11) is 0. The summed E-state index contributed by atoms with van der Waals surface area (Å²) < 4.78 is 55.2. The Kier molecular flexibility index (Phi) is 6.81. The molecule has 0 aliphatic carbocycles. The van der Waals surface area contributed by atoms with Crippen LogP contribution in [0.25, 0.3) is 0 Å². The third-order valence-electron chi connectivity index (χ3n) is 5.15. The highest BCUT2D eigenvalue weighted by Gasteiger charge is 2.33. The van der Waals surface area contributed by atoms with Crippen LogP contribution in [0.3, 0.4) is 0 Å². The molecule has 1 aliphatic heterocycles. The number of benzene rings is 2. The topological polar surface area (TPSA) is 62.3 Å². The van der Waals surface area contributed by atoms with Crippen LogP contribution in [0, 0.1) is 23.3 Å². The fourth-order valence-corrected chi connectivity index (χ4v) is 4.65. The van der Waals surface area contributed by atoms with Crippen molar-refractivity contribution in [2.45, 2.75) is 30.2 Å². The summed E-state index contributed by atoms with van der Waals surface area (Å²) in [6.07, 6.45) is 0. The molecule has 11 heteroatoms. The minimum atomic E-state index is -1.14. The number of pyridine rings is 1. The number of halogens is 5. The molecule has 0 saturated carbocycles. The second kappa shape index (κ2) is 9.63. The van der Waals surface area contributed by atoms with Crippen molar-refractivity contribution in [2.24, 2.45) is 0 Å². The highest BCUT2D eigenvalue weighted by Crippen LogP contribution is 2.39. The lowest BCUT2D eigenvalue weighted by molar-refractivity contribution is -0.118. The summed E-state index contributed by atoms with van der Waals surface area (Å²) >= 11 is 7.36. The maximum atomic E-state index is 14.4. The minimum Gasteiger partial charge on any atom is -0.346 e. The van der Waals surface area contributed by atoms with Crippen LogP contribution in [0.5, 0.6) is 0 Å². The van der Waals surface area contributed by atoms with Gasteiger partial charge >= 0.3 is 0 Å². The first kappa shape index (κ1) is 24.0. The quantitative estimate of drug-likeness (QED) is 0.477. The fourth-order valence-electron chi connectivity index (χ4n) is 3.41. The first-order valence-corrected chi connectivity index (χ1v) is 11.2. The molecule has 34 heavy (non-hydrogen) atoms. The summed E-state index contributed by atoms with van der Waals surface area (Å²) in [6.45, 7) is 0.944. The Balaban J connectivity index is 1.62. The number of thioether (sulfide) groups is 1. The van der Waals surface area contributed by atoms with E-state index in [9.17, 15) is 27.2 Å². The number of hydrogen-bond donors (Lipinski definition) is 1. The molecule has 3 aromatic rings. The Labute approximate surface area is 201 Å². The van der Waals surface area contributed by atoms with E-state index in [-0.39, 0.29) is 34.5 Å². The van der Waals surface area contributed by atoms with Crippen molar-refractivity contribution < 1.29 is 27.2 Å². The van der Waals surface area contributed by atoms with Gasteiger partial charge in [-0.1, -0.05) is 17.7 Å². The van der Waals surface area contributed by atoms with Crippen molar-refractivity contribution in [2.75, 3.05) is 4.90 Å². The molecule has 0 bridgehead atoms. The fraction of sp³-hybridized carbons (Fsp3) is 0.174. The zero-order valence-corrected chi connectivity index (χ0v) is 19.1. The van der Waals surface area contributed by atoms with E-state index in [1.807, 2.05) is 0 Å². The maximum Gasteiger partial charge on any atom is 0.270 e. The molecular weight excluding hydrogens is 494 g/mol. The van der Waals surface area contributed by atoms with Gasteiger partial charge in [0.05, 0.1) is 16.7 Å². The summed E-state index contributed by atoms with van der Waals surface area (Å²) in [5.41, 5.74) is -0.543. The van der Waals surface area contributed by atoms with Crippen molar-refractivity contribution in [1.82, 2.24) is 10.3 Å². The van der Waals surface area contributed by atoms with Gasteiger partial charge in [-0.2, -0.15) is 0 Å². The predicted octanol–water partition coefficient (Wildman–Crippen LogP) is 5.25. The van der Waals surface area contributed by atoms with Crippen molar-refractivity contribution >= 4 is 41.0 Å². The standard InChI is InChI=1S/C23H16ClF4N3O2S/c1-11-23(33)31(10-14-15(24)3-2-4-16(14)26)21-20(34-11)6-5-19(30-21)22(32)29-9-13-17(27)7-12(25)8-18(13)28/h2-8,11H,9-10H2,1H3,(H,29,32). The van der Waals surface area contributed by atoms with Gasteiger partial charge in [0.25, 0.3) is 5.91 Å². The molecule has 2 aromatic carbocycles. The third kappa shape index (κ3) is 4.74. The normalized spacial score (nSPS) is 15.3. The first-order valence-electron chi connectivity index (χ1n) is 9.99. The molecule has 1 N–H and O–H groups in total. The minimum absolute atomic E-state index is 0.0986. The molecule has 0 radical (unpaired) electrons. The number of aromatic nitrogens is 1. The highest BCUT2D eigenvalue weighted by molar-refractivity contribution is 8.00. The van der Waals surface area contributed by atoms with Gasteiger partial charge in [-0.3, -0.25) is 14.5 Å². The van der Waals surface area contributed by atoms with Crippen LogP contribution in [0.15, 0.2) is 47.4 Å². The zero-order valence-electron chi connectivity index (χ0n) is 17.5. The van der Waals surface area contributed by atoms with Gasteiger partial charge in [-0.25, -0.2) is 22.5 Å². The number of rotatable bonds is 5. The summed E-state index contributed by atoms with van der Waals surface area (Å²) in [5, 5.41) is 1.98. The van der Waals surface area contributed by atoms with Crippen molar-refractivity contribution in [1.29, 1.82) is 0 Å². The molecule has 2 heterocycles. The molecule has 4 rings (SSSR count). The van der Waals surface area contributed by atoms with Crippen molar-refractivity contribution in [3.05, 3.63) is 87.6 Å². The Hall–Kier alpha value is -3.11. The van der Waals surface area contributed by atoms with E-state index >= 15 is 0 Å². The van der Waals surface area contributed by atoms with Crippen LogP contribution >= 0.6 is 23.4 Å². The van der Waals surface area contributed by atoms with Gasteiger partial charge in [0.15, 0.2) is 0 Å². The maximum absolute atomic E-state index is 14.4. The van der Waals surface area contributed by atoms with Gasteiger partial charge in [-0.15, -0.1) is 11.8 Å². The highest BCUT2D eigenvalue weighted by atomic mass is 35.5. The average molecular weight is 510 g/mol. The first-order chi connectivity index (χ1) is 16.2. The molecule has 1 atom stereocenters. The number of hydrogen-bond acceptors (Lipinski definition) is 4. The lowest BCUT2D eigenvalue weighted by Crippen LogP contribution is -2.40. The number of anilines is 1. The molecule has 5 nitrogen and oxygen atoms in total. The van der Waals surface area contributed by atoms with Crippen LogP contribution < -0.4 is 10.2 Å². The van der Waals surface area contributed by atoms with E-state index < -0.39 is 46.5 Å². The van der Waals surface area contributed by atoms with Gasteiger partial charge in [0.2, 0.25) is 5.91 Å². The van der Waals surface area contributed by atoms with Crippen molar-refractivity contribution in [3.8, 4) is 0 Å². The van der Waals surface area contributed by atoms with Crippen LogP contribution in [0.4, 0.5) is 23.4 Å². The summed E-state index contributed by atoms with van der Waals surface area (Å²) in [5.74, 6) is -4.93. The summed E-state index contributed by atoms with van der Waals surface area (Å²) in [4.78, 5) is 31.6. The second-order valence-electron chi connectivity index (χ2n) is 7.43. The Morgan fingerprint density at radius 3 is 2.47 bits per heavy atom. The number of fused-ring (bicyclic) bond motifs is 1. The van der Waals surface area contributed by atoms with Crippen LogP contribution in [0.2, 0.25) is 5.02 Å². The monoisotopic (exact) mass is 509 g/mol. The Morgan fingerprint density at radius 1 is 1.09 bits per heavy atom. The number of carbonyl (C=O) groups is 2. The summed E-state index contributed by atoms with van der Waals surface area (Å²) in [6, 6.07) is 8.17. The lowest BCUT2D eigenvalue weighted by Gasteiger charge is -2.31. The van der Waals surface area contributed by atoms with Gasteiger partial charge < -0.3 is 5.32 Å². The van der Waals surface area contributed by atoms with E-state index in [4.69, 9.17) is 11.6 Å². The molecular formula is C23H16ClF4N3O2S. The van der Waals surface area contributed by atoms with E-state index in [0.717, 1.165) is 0 Å². The van der Waals surface area contributed by atoms with Crippen LogP contribution in [0.1, 0.15) is 28.5 Å². The van der Waals surface area contributed by atoms with E-state index in [2.05, 4.69) is 10.3 Å². The van der Waals surface area contributed by atoms with Crippen molar-refractivity contribution in [3.63, 3.8) is 0 Å². The number of nitrogens with zero attached hydrogens (tertiary/aromatic N) is 2. The Bertz CT molecular complexity index is 1260. The lowest BCUT2D eigenvalue weighted by atomic mass is 10.1. The number of amides is 2. The third-order valence-corrected chi connectivity index (χ3v) is 6.64. The van der Waals surface area contributed by atoms with Gasteiger partial charge in [0, 0.05) is 34.8 Å². The molecule has 0 saturated heterocycles. The van der Waals surface area contributed by atoms with Crippen LogP contribution in [-0.2, 0) is 17.9 Å². The van der Waals surface area contributed by atoms with Gasteiger partial charge in [-0.05, 0) is 31.2 Å². The number of carbonyl (C=O) groups excluding carboxylic acids is 2. The molecule has 0 spiro atoms. The smallest absolute Gasteiger partial charge is 0.270 e. The molecule has 0 fully saturated rings. The predicted molar refractivity (Wildman–Crippen MR) is 120 cm³/mol. The van der Waals surface area contributed by atoms with E-state index in [0.29, 0.717) is 17.0 Å². The zero-order chi connectivity index (χ0) is 24.6. The molecule has 1 aliphatic rings. The average Bonchev–Trinajstić information content (AvgIpc) is 2.77. The SMILES string of the molecule is CC1Sc2ccc(C(=O)NCc3c(F)cc(F)cc3F)nc2N(Cc2c(F)cccc2Cl)C1=O. The Morgan fingerprint density at radius 2 is 1.79 bits per heavy atom. The van der Waals surface area contributed by atoms with E-state index in [1.165, 1.54) is 40.9 Å². The molecule has 2 amide bonds. The largest absolute Gasteiger partial charge is 0.346 e. The molecule has 1 aromatic heterocycles. The number of nitrogens with one attached hydrogen (secondary N) is 1. The molecule has 176 valence electrons.